The molecule has 0 N–H and O–H groups in total. The number of ketones is 8. The van der Waals surface area contributed by atoms with Crippen molar-refractivity contribution in [3.8, 4) is 0 Å². The number of carbonyl (C=O) groups excluding carboxylic acids is 8. The SMILES string of the molecule is Cc1ccccc1C(=O)CCC(=O)C1C(=O)c2ccc(S(=O)c3ccc4c(c3)C(=O)C(C(=O)CCC(=O)c3ccccc3C)C4=O)cc2C1=O. The van der Waals surface area contributed by atoms with Crippen LogP contribution in [0.2, 0.25) is 0 Å². The summed E-state index contributed by atoms with van der Waals surface area (Å²) in [6, 6.07) is 21.8. The van der Waals surface area contributed by atoms with Gasteiger partial charge in [-0.05, 0) is 61.4 Å². The third-order valence-corrected chi connectivity index (χ3v) is 10.6. The van der Waals surface area contributed by atoms with Gasteiger partial charge in [-0.1, -0.05) is 48.5 Å². The fourth-order valence-corrected chi connectivity index (χ4v) is 7.60. The maximum Gasteiger partial charge on any atom is 0.181 e. The Morgan fingerprint density at radius 1 is 0.500 bits per heavy atom. The van der Waals surface area contributed by atoms with E-state index in [1.807, 2.05) is 0 Å². The van der Waals surface area contributed by atoms with Gasteiger partial charge in [-0.15, -0.1) is 0 Å². The maximum atomic E-state index is 13.6. The molecule has 0 radical (unpaired) electrons. The fourth-order valence-electron chi connectivity index (χ4n) is 6.50. The first-order valence-electron chi connectivity index (χ1n) is 16.0. The molecule has 4 aromatic rings. The Morgan fingerprint density at radius 3 is 1.24 bits per heavy atom. The van der Waals surface area contributed by atoms with Crippen molar-refractivity contribution in [2.45, 2.75) is 49.3 Å². The van der Waals surface area contributed by atoms with Gasteiger partial charge < -0.3 is 0 Å². The Kier molecular flexibility index (Phi) is 9.40. The number of hydrogen-bond donors (Lipinski definition) is 0. The van der Waals surface area contributed by atoms with Gasteiger partial charge in [-0.25, -0.2) is 4.21 Å². The molecule has 0 bridgehead atoms. The van der Waals surface area contributed by atoms with E-state index >= 15 is 0 Å². The van der Waals surface area contributed by atoms with Crippen LogP contribution in [0.3, 0.4) is 0 Å². The molecule has 50 heavy (non-hydrogen) atoms. The van der Waals surface area contributed by atoms with Gasteiger partial charge in [0.05, 0.1) is 10.8 Å². The van der Waals surface area contributed by atoms with Gasteiger partial charge in [0.1, 0.15) is 11.8 Å². The van der Waals surface area contributed by atoms with Crippen LogP contribution in [0.4, 0.5) is 0 Å². The fraction of sp³-hybridized carbons (Fsp3) is 0.200. The highest BCUT2D eigenvalue weighted by Gasteiger charge is 2.44. The predicted molar refractivity (Wildman–Crippen MR) is 181 cm³/mol. The molecule has 0 saturated carbocycles. The highest BCUT2D eigenvalue weighted by Crippen LogP contribution is 2.34. The maximum absolute atomic E-state index is 13.6. The Labute approximate surface area is 289 Å². The summed E-state index contributed by atoms with van der Waals surface area (Å²) < 4.78 is 13.6. The summed E-state index contributed by atoms with van der Waals surface area (Å²) in [5.41, 5.74) is 2.31. The molecule has 0 spiro atoms. The first-order valence-corrected chi connectivity index (χ1v) is 17.1. The smallest absolute Gasteiger partial charge is 0.181 e. The third kappa shape index (κ3) is 6.18. The summed E-state index contributed by atoms with van der Waals surface area (Å²) in [6.45, 7) is 3.55. The number of benzene rings is 4. The summed E-state index contributed by atoms with van der Waals surface area (Å²) in [7, 11) is -1.98. The van der Waals surface area contributed by atoms with E-state index in [9.17, 15) is 42.6 Å². The van der Waals surface area contributed by atoms with E-state index in [0.717, 1.165) is 11.1 Å². The van der Waals surface area contributed by atoms with Gasteiger partial charge in [-0.3, -0.25) is 38.4 Å². The Morgan fingerprint density at radius 2 is 0.860 bits per heavy atom. The molecule has 2 aliphatic carbocycles. The van der Waals surface area contributed by atoms with E-state index in [1.54, 1.807) is 62.4 Å². The van der Waals surface area contributed by atoms with Gasteiger partial charge in [0.15, 0.2) is 46.3 Å². The molecule has 10 heteroatoms. The van der Waals surface area contributed by atoms with E-state index < -0.39 is 57.3 Å². The molecule has 0 aliphatic heterocycles. The van der Waals surface area contributed by atoms with E-state index in [2.05, 4.69) is 0 Å². The monoisotopic (exact) mass is 686 g/mol. The first kappa shape index (κ1) is 34.3. The van der Waals surface area contributed by atoms with E-state index in [1.165, 1.54) is 36.4 Å². The summed E-state index contributed by atoms with van der Waals surface area (Å²) in [6.07, 6.45) is -0.916. The molecule has 2 aliphatic rings. The molecule has 0 amide bonds. The average molecular weight is 687 g/mol. The Bertz CT molecular complexity index is 2070. The molecule has 9 nitrogen and oxygen atoms in total. The minimum absolute atomic E-state index is 0.0105. The van der Waals surface area contributed by atoms with Gasteiger partial charge in [-0.2, -0.15) is 0 Å². The van der Waals surface area contributed by atoms with Crippen LogP contribution in [0, 0.1) is 25.7 Å². The molecule has 0 heterocycles. The lowest BCUT2D eigenvalue weighted by molar-refractivity contribution is -0.121. The van der Waals surface area contributed by atoms with Crippen LogP contribution >= 0.6 is 0 Å². The average Bonchev–Trinajstić information content (AvgIpc) is 3.52. The van der Waals surface area contributed by atoms with Crippen LogP contribution in [-0.4, -0.2) is 50.5 Å². The normalized spacial score (nSPS) is 17.0. The Hall–Kier alpha value is -5.61. The van der Waals surface area contributed by atoms with Crippen LogP contribution in [-0.2, 0) is 20.4 Å². The van der Waals surface area contributed by atoms with Crippen molar-refractivity contribution in [3.05, 3.63) is 129 Å². The highest BCUT2D eigenvalue weighted by atomic mass is 32.2. The van der Waals surface area contributed by atoms with Crippen molar-refractivity contribution in [3.63, 3.8) is 0 Å². The van der Waals surface area contributed by atoms with Gasteiger partial charge in [0.2, 0.25) is 0 Å². The van der Waals surface area contributed by atoms with Crippen LogP contribution in [0.5, 0.6) is 0 Å². The summed E-state index contributed by atoms with van der Waals surface area (Å²) in [5.74, 6) is -7.94. The minimum Gasteiger partial charge on any atom is -0.298 e. The van der Waals surface area contributed by atoms with E-state index in [-0.39, 0.29) is 69.3 Å². The predicted octanol–water partition coefficient (Wildman–Crippen LogP) is 5.92. The van der Waals surface area contributed by atoms with Crippen molar-refractivity contribution >= 4 is 57.1 Å². The molecule has 250 valence electrons. The van der Waals surface area contributed by atoms with Gasteiger partial charge >= 0.3 is 0 Å². The third-order valence-electron chi connectivity index (χ3n) is 9.25. The van der Waals surface area contributed by atoms with Crippen molar-refractivity contribution in [2.24, 2.45) is 11.8 Å². The molecule has 0 fully saturated rings. The Balaban J connectivity index is 1.14. The summed E-state index contributed by atoms with van der Waals surface area (Å²) in [5, 5.41) is 0. The lowest BCUT2D eigenvalue weighted by Gasteiger charge is -2.07. The number of rotatable bonds is 12. The number of carbonyl (C=O) groups is 8. The van der Waals surface area contributed by atoms with Crippen LogP contribution in [0.1, 0.15) is 99.0 Å². The van der Waals surface area contributed by atoms with E-state index in [4.69, 9.17) is 0 Å². The zero-order valence-corrected chi connectivity index (χ0v) is 28.0. The molecule has 4 aromatic carbocycles. The topological polar surface area (TPSA) is 154 Å². The molecular weight excluding hydrogens is 656 g/mol. The quantitative estimate of drug-likeness (QED) is 0.130. The van der Waals surface area contributed by atoms with Gasteiger partial charge in [0, 0.05) is 68.9 Å². The molecular formula is C40H30O9S. The first-order chi connectivity index (χ1) is 23.9. The van der Waals surface area contributed by atoms with Gasteiger partial charge in [0.25, 0.3) is 0 Å². The van der Waals surface area contributed by atoms with Crippen LogP contribution in [0.25, 0.3) is 0 Å². The zero-order valence-electron chi connectivity index (χ0n) is 27.1. The number of fused-ring (bicyclic) bond motifs is 2. The second kappa shape index (κ2) is 13.7. The highest BCUT2D eigenvalue weighted by molar-refractivity contribution is 7.85. The largest absolute Gasteiger partial charge is 0.298 e. The molecule has 0 aromatic heterocycles. The van der Waals surface area contributed by atoms with Crippen molar-refractivity contribution in [2.75, 3.05) is 0 Å². The second-order valence-corrected chi connectivity index (χ2v) is 13.9. The lowest BCUT2D eigenvalue weighted by atomic mass is 9.93. The summed E-state index contributed by atoms with van der Waals surface area (Å²) >= 11 is 0. The minimum atomic E-state index is -1.98. The molecule has 0 saturated heterocycles. The van der Waals surface area contributed by atoms with Crippen molar-refractivity contribution < 1.29 is 42.6 Å². The number of aryl methyl sites for hydroxylation is 2. The molecule has 2 unspecified atom stereocenters. The lowest BCUT2D eigenvalue weighted by Crippen LogP contribution is -2.26. The van der Waals surface area contributed by atoms with Crippen molar-refractivity contribution in [1.82, 2.24) is 0 Å². The van der Waals surface area contributed by atoms with Crippen LogP contribution in [0.15, 0.2) is 94.7 Å². The standard InChI is InChI=1S/C40H30O9S/c1-21-7-3-5-9-25(21)31(41)15-17-33(43)35-37(45)27-13-11-23(19-29(27)39(35)47)50(49)24-12-14-28-30(20-24)40(48)36(38(28)46)34(44)18-16-32(42)26-10-6-4-8-22(26)2/h3-14,19-20,35-36H,15-18H2,1-2H3. The van der Waals surface area contributed by atoms with Crippen LogP contribution < -0.4 is 0 Å². The number of Topliss-reactive ketones (excluding diaryl/α,β-unsaturated/α-hetero) is 8. The second-order valence-electron chi connectivity index (χ2n) is 12.4. The van der Waals surface area contributed by atoms with Crippen molar-refractivity contribution in [1.29, 1.82) is 0 Å². The number of hydrogen-bond acceptors (Lipinski definition) is 9. The molecule has 2 atom stereocenters. The van der Waals surface area contributed by atoms with E-state index in [0.29, 0.717) is 11.1 Å². The summed E-state index contributed by atoms with van der Waals surface area (Å²) in [4.78, 5) is 104. The molecule has 6 rings (SSSR count). The zero-order chi connectivity index (χ0) is 35.9.